The molecule has 0 unspecified atom stereocenters. The van der Waals surface area contributed by atoms with Gasteiger partial charge >= 0.3 is 0 Å². The number of benzene rings is 1. The third-order valence-corrected chi connectivity index (χ3v) is 3.24. The minimum atomic E-state index is 0.175. The van der Waals surface area contributed by atoms with Gasteiger partial charge in [-0.05, 0) is 36.0 Å². The molecule has 0 saturated carbocycles. The Morgan fingerprint density at radius 2 is 1.50 bits per heavy atom. The van der Waals surface area contributed by atoms with E-state index in [0.717, 1.165) is 28.1 Å². The summed E-state index contributed by atoms with van der Waals surface area (Å²) in [6.45, 7) is 10.7. The normalized spacial score (nSPS) is 11.9. The molecule has 0 amide bonds. The van der Waals surface area contributed by atoms with Crippen LogP contribution in [0.2, 0.25) is 0 Å². The van der Waals surface area contributed by atoms with Crippen LogP contribution in [-0.2, 0) is 5.41 Å². The van der Waals surface area contributed by atoms with Crippen molar-refractivity contribution in [3.63, 3.8) is 0 Å². The van der Waals surface area contributed by atoms with Gasteiger partial charge in [-0.15, -0.1) is 0 Å². The van der Waals surface area contributed by atoms with Crippen LogP contribution in [-0.4, -0.2) is 4.55 Å². The standard InChI is InChI=1S/C12H18OS/c1-8-6-10(12(3,4)5)7-9(2)11(8)14-13/h6-7,13H,1-5H3. The monoisotopic (exact) mass is 210 g/mol. The van der Waals surface area contributed by atoms with Gasteiger partial charge in [-0.3, -0.25) is 0 Å². The molecule has 1 aromatic carbocycles. The van der Waals surface area contributed by atoms with E-state index in [4.69, 9.17) is 4.55 Å². The second-order valence-corrected chi connectivity index (χ2v) is 5.37. The van der Waals surface area contributed by atoms with Crippen LogP contribution < -0.4 is 0 Å². The molecule has 0 spiro atoms. The molecule has 0 radical (unpaired) electrons. The summed E-state index contributed by atoms with van der Waals surface area (Å²) in [5.74, 6) is 0. The first-order valence-electron chi connectivity index (χ1n) is 4.79. The van der Waals surface area contributed by atoms with E-state index >= 15 is 0 Å². The summed E-state index contributed by atoms with van der Waals surface area (Å²) in [6, 6.07) is 4.32. The lowest BCUT2D eigenvalue weighted by Crippen LogP contribution is -2.11. The van der Waals surface area contributed by atoms with Gasteiger partial charge < -0.3 is 4.55 Å². The predicted molar refractivity (Wildman–Crippen MR) is 63.1 cm³/mol. The fraction of sp³-hybridized carbons (Fsp3) is 0.500. The number of rotatable bonds is 1. The zero-order valence-electron chi connectivity index (χ0n) is 9.51. The first-order chi connectivity index (χ1) is 6.36. The molecule has 0 saturated heterocycles. The van der Waals surface area contributed by atoms with Crippen LogP contribution in [0.3, 0.4) is 0 Å². The highest BCUT2D eigenvalue weighted by Gasteiger charge is 2.16. The van der Waals surface area contributed by atoms with Crippen LogP contribution in [0.25, 0.3) is 0 Å². The molecule has 0 aromatic heterocycles. The van der Waals surface area contributed by atoms with Gasteiger partial charge in [0.2, 0.25) is 0 Å². The van der Waals surface area contributed by atoms with Crippen molar-refractivity contribution in [1.82, 2.24) is 0 Å². The smallest absolute Gasteiger partial charge is 0.0409 e. The van der Waals surface area contributed by atoms with Crippen molar-refractivity contribution in [2.45, 2.75) is 44.9 Å². The molecule has 0 bridgehead atoms. The van der Waals surface area contributed by atoms with Crippen LogP contribution in [0.4, 0.5) is 0 Å². The number of hydrogen-bond donors (Lipinski definition) is 1. The molecule has 1 rings (SSSR count). The Kier molecular flexibility index (Phi) is 3.28. The maximum absolute atomic E-state index is 9.11. The summed E-state index contributed by atoms with van der Waals surface area (Å²) in [5.41, 5.74) is 3.81. The Balaban J connectivity index is 3.28. The number of aryl methyl sites for hydroxylation is 2. The minimum absolute atomic E-state index is 0.175. The Bertz CT molecular complexity index is 314. The van der Waals surface area contributed by atoms with E-state index in [1.54, 1.807) is 0 Å². The van der Waals surface area contributed by atoms with Gasteiger partial charge in [0.05, 0.1) is 0 Å². The molecule has 14 heavy (non-hydrogen) atoms. The Morgan fingerprint density at radius 1 is 1.07 bits per heavy atom. The van der Waals surface area contributed by atoms with Crippen molar-refractivity contribution in [2.24, 2.45) is 0 Å². The van der Waals surface area contributed by atoms with Gasteiger partial charge in [0.25, 0.3) is 0 Å². The third kappa shape index (κ3) is 2.31. The van der Waals surface area contributed by atoms with Gasteiger partial charge in [-0.1, -0.05) is 32.9 Å². The van der Waals surface area contributed by atoms with Crippen molar-refractivity contribution >= 4 is 12.0 Å². The number of hydrogen-bond acceptors (Lipinski definition) is 2. The van der Waals surface area contributed by atoms with Crippen molar-refractivity contribution in [1.29, 1.82) is 0 Å². The van der Waals surface area contributed by atoms with Crippen LogP contribution in [0, 0.1) is 13.8 Å². The van der Waals surface area contributed by atoms with Crippen LogP contribution in [0.15, 0.2) is 17.0 Å². The second-order valence-electron chi connectivity index (χ2n) is 4.78. The Hall–Kier alpha value is -0.470. The molecular weight excluding hydrogens is 192 g/mol. The zero-order valence-corrected chi connectivity index (χ0v) is 10.3. The van der Waals surface area contributed by atoms with Gasteiger partial charge in [-0.2, -0.15) is 0 Å². The fourth-order valence-electron chi connectivity index (χ4n) is 1.53. The van der Waals surface area contributed by atoms with E-state index in [1.165, 1.54) is 5.56 Å². The largest absolute Gasteiger partial charge is 0.325 e. The average molecular weight is 210 g/mol. The van der Waals surface area contributed by atoms with Crippen molar-refractivity contribution < 1.29 is 4.55 Å². The third-order valence-electron chi connectivity index (χ3n) is 2.42. The van der Waals surface area contributed by atoms with Gasteiger partial charge in [0, 0.05) is 16.9 Å². The fourth-order valence-corrected chi connectivity index (χ4v) is 1.93. The molecule has 0 aliphatic heterocycles. The quantitative estimate of drug-likeness (QED) is 0.702. The first-order valence-corrected chi connectivity index (χ1v) is 5.56. The van der Waals surface area contributed by atoms with Crippen LogP contribution in [0.5, 0.6) is 0 Å². The molecule has 1 aromatic rings. The summed E-state index contributed by atoms with van der Waals surface area (Å²) < 4.78 is 9.11. The second kappa shape index (κ2) is 3.95. The molecular formula is C12H18OS. The minimum Gasteiger partial charge on any atom is -0.325 e. The molecule has 0 aliphatic rings. The van der Waals surface area contributed by atoms with Crippen LogP contribution in [0.1, 0.15) is 37.5 Å². The first kappa shape index (κ1) is 11.6. The average Bonchev–Trinajstić information content (AvgIpc) is 2.01. The van der Waals surface area contributed by atoms with E-state index < -0.39 is 0 Å². The van der Waals surface area contributed by atoms with Crippen molar-refractivity contribution in [2.75, 3.05) is 0 Å². The van der Waals surface area contributed by atoms with E-state index in [9.17, 15) is 0 Å². The molecule has 0 heterocycles. The molecule has 78 valence electrons. The SMILES string of the molecule is Cc1cc(C(C)(C)C)cc(C)c1SO. The highest BCUT2D eigenvalue weighted by molar-refractivity contribution is 7.93. The summed E-state index contributed by atoms with van der Waals surface area (Å²) in [7, 11) is 0. The summed E-state index contributed by atoms with van der Waals surface area (Å²) in [6.07, 6.45) is 0. The lowest BCUT2D eigenvalue weighted by molar-refractivity contribution is 0.588. The molecule has 2 heteroatoms. The summed E-state index contributed by atoms with van der Waals surface area (Å²) in [4.78, 5) is 0.984. The molecule has 0 atom stereocenters. The zero-order chi connectivity index (χ0) is 10.9. The Labute approximate surface area is 90.7 Å². The Morgan fingerprint density at radius 3 is 1.79 bits per heavy atom. The van der Waals surface area contributed by atoms with Gasteiger partial charge in [0.1, 0.15) is 0 Å². The maximum atomic E-state index is 9.11. The molecule has 1 N–H and O–H groups in total. The highest BCUT2D eigenvalue weighted by Crippen LogP contribution is 2.30. The van der Waals surface area contributed by atoms with E-state index in [1.807, 2.05) is 13.8 Å². The molecule has 0 fully saturated rings. The molecule has 1 nitrogen and oxygen atoms in total. The van der Waals surface area contributed by atoms with Crippen LogP contribution >= 0.6 is 12.0 Å². The lowest BCUT2D eigenvalue weighted by Gasteiger charge is -2.21. The van der Waals surface area contributed by atoms with E-state index in [-0.39, 0.29) is 5.41 Å². The van der Waals surface area contributed by atoms with E-state index in [0.29, 0.717) is 0 Å². The summed E-state index contributed by atoms with van der Waals surface area (Å²) >= 11 is 0.841. The van der Waals surface area contributed by atoms with Crippen molar-refractivity contribution in [3.8, 4) is 0 Å². The predicted octanol–water partition coefficient (Wildman–Crippen LogP) is 4.17. The maximum Gasteiger partial charge on any atom is 0.0409 e. The van der Waals surface area contributed by atoms with Crippen molar-refractivity contribution in [3.05, 3.63) is 28.8 Å². The lowest BCUT2D eigenvalue weighted by atomic mass is 9.85. The van der Waals surface area contributed by atoms with Gasteiger partial charge in [0.15, 0.2) is 0 Å². The summed E-state index contributed by atoms with van der Waals surface area (Å²) in [5, 5.41) is 0. The van der Waals surface area contributed by atoms with Gasteiger partial charge in [-0.25, -0.2) is 0 Å². The highest BCUT2D eigenvalue weighted by atomic mass is 32.2. The topological polar surface area (TPSA) is 20.2 Å². The molecule has 0 aliphatic carbocycles. The van der Waals surface area contributed by atoms with E-state index in [2.05, 4.69) is 32.9 Å².